The zero-order valence-electron chi connectivity index (χ0n) is 8.90. The summed E-state index contributed by atoms with van der Waals surface area (Å²) in [4.78, 5) is 13.1. The monoisotopic (exact) mass is 201 g/mol. The zero-order valence-corrected chi connectivity index (χ0v) is 8.90. The second-order valence-electron chi connectivity index (χ2n) is 3.98. The molecule has 0 heterocycles. The SMILES string of the molecule is COCC(O)CN(C)C1CCC(=O)C1. The Morgan fingerprint density at radius 3 is 2.93 bits per heavy atom. The third kappa shape index (κ3) is 3.36. The number of ketones is 1. The maximum absolute atomic E-state index is 11.1. The van der Waals surface area contributed by atoms with Crippen molar-refractivity contribution in [3.8, 4) is 0 Å². The molecule has 82 valence electrons. The summed E-state index contributed by atoms with van der Waals surface area (Å²) in [5.41, 5.74) is 0. The Hall–Kier alpha value is -0.450. The average Bonchev–Trinajstić information content (AvgIpc) is 2.52. The fourth-order valence-electron chi connectivity index (χ4n) is 1.90. The molecule has 1 saturated carbocycles. The Balaban J connectivity index is 2.27. The first-order valence-corrected chi connectivity index (χ1v) is 5.02. The second kappa shape index (κ2) is 5.44. The normalized spacial score (nSPS) is 24.6. The molecule has 0 aliphatic heterocycles. The molecule has 1 N–H and O–H groups in total. The number of ether oxygens (including phenoxy) is 1. The van der Waals surface area contributed by atoms with Gasteiger partial charge < -0.3 is 14.7 Å². The third-order valence-corrected chi connectivity index (χ3v) is 2.70. The molecule has 0 amide bonds. The number of aliphatic hydroxyl groups is 1. The van der Waals surface area contributed by atoms with Gasteiger partial charge in [-0.05, 0) is 13.5 Å². The van der Waals surface area contributed by atoms with E-state index in [4.69, 9.17) is 4.74 Å². The maximum Gasteiger partial charge on any atom is 0.134 e. The van der Waals surface area contributed by atoms with E-state index in [0.717, 1.165) is 6.42 Å². The van der Waals surface area contributed by atoms with E-state index in [1.807, 2.05) is 7.05 Å². The van der Waals surface area contributed by atoms with Crippen molar-refractivity contribution in [2.75, 3.05) is 27.3 Å². The van der Waals surface area contributed by atoms with Gasteiger partial charge in [0.15, 0.2) is 0 Å². The molecular formula is C10H19NO3. The van der Waals surface area contributed by atoms with Gasteiger partial charge in [-0.25, -0.2) is 0 Å². The molecule has 2 atom stereocenters. The molecule has 2 unspecified atom stereocenters. The predicted octanol–water partition coefficient (Wildman–Crippen LogP) is 0.0471. The summed E-state index contributed by atoms with van der Waals surface area (Å²) >= 11 is 0. The fourth-order valence-corrected chi connectivity index (χ4v) is 1.90. The van der Waals surface area contributed by atoms with E-state index in [1.54, 1.807) is 7.11 Å². The van der Waals surface area contributed by atoms with Gasteiger partial charge in [-0.2, -0.15) is 0 Å². The molecule has 0 aromatic carbocycles. The largest absolute Gasteiger partial charge is 0.389 e. The van der Waals surface area contributed by atoms with Crippen LogP contribution in [0.2, 0.25) is 0 Å². The van der Waals surface area contributed by atoms with Crippen molar-refractivity contribution in [1.82, 2.24) is 4.90 Å². The van der Waals surface area contributed by atoms with Crippen molar-refractivity contribution < 1.29 is 14.6 Å². The number of hydrogen-bond acceptors (Lipinski definition) is 4. The Morgan fingerprint density at radius 1 is 1.71 bits per heavy atom. The van der Waals surface area contributed by atoms with E-state index < -0.39 is 6.10 Å². The van der Waals surface area contributed by atoms with Crippen LogP contribution in [-0.4, -0.2) is 55.2 Å². The summed E-state index contributed by atoms with van der Waals surface area (Å²) in [7, 11) is 3.52. The molecule has 0 bridgehead atoms. The number of hydrogen-bond donors (Lipinski definition) is 1. The van der Waals surface area contributed by atoms with Crippen LogP contribution in [0.15, 0.2) is 0 Å². The van der Waals surface area contributed by atoms with Crippen LogP contribution in [0, 0.1) is 0 Å². The number of carbonyl (C=O) groups excluding carboxylic acids is 1. The number of carbonyl (C=O) groups is 1. The predicted molar refractivity (Wildman–Crippen MR) is 53.2 cm³/mol. The Morgan fingerprint density at radius 2 is 2.43 bits per heavy atom. The Labute approximate surface area is 84.8 Å². The first-order chi connectivity index (χ1) is 6.63. The number of aliphatic hydroxyl groups excluding tert-OH is 1. The molecule has 1 aliphatic rings. The fraction of sp³-hybridized carbons (Fsp3) is 0.900. The highest BCUT2D eigenvalue weighted by atomic mass is 16.5. The molecule has 0 spiro atoms. The minimum absolute atomic E-state index is 0.314. The quantitative estimate of drug-likeness (QED) is 0.682. The lowest BCUT2D eigenvalue weighted by Gasteiger charge is -2.25. The van der Waals surface area contributed by atoms with Crippen molar-refractivity contribution in [3.63, 3.8) is 0 Å². The summed E-state index contributed by atoms with van der Waals surface area (Å²) in [6, 6.07) is 0.314. The lowest BCUT2D eigenvalue weighted by molar-refractivity contribution is -0.117. The highest BCUT2D eigenvalue weighted by Crippen LogP contribution is 2.19. The van der Waals surface area contributed by atoms with Gasteiger partial charge in [-0.15, -0.1) is 0 Å². The highest BCUT2D eigenvalue weighted by molar-refractivity contribution is 5.81. The molecule has 0 aromatic heterocycles. The molecule has 0 radical (unpaired) electrons. The number of nitrogens with zero attached hydrogens (tertiary/aromatic N) is 1. The summed E-state index contributed by atoms with van der Waals surface area (Å²) in [6.07, 6.45) is 1.79. The van der Waals surface area contributed by atoms with Crippen molar-refractivity contribution in [2.45, 2.75) is 31.4 Å². The van der Waals surface area contributed by atoms with Crippen LogP contribution in [0.3, 0.4) is 0 Å². The Kier molecular flexibility index (Phi) is 4.51. The molecular weight excluding hydrogens is 182 g/mol. The Bertz CT molecular complexity index is 196. The first-order valence-electron chi connectivity index (χ1n) is 5.02. The third-order valence-electron chi connectivity index (χ3n) is 2.70. The molecule has 4 nitrogen and oxygen atoms in total. The number of likely N-dealkylation sites (N-methyl/N-ethyl adjacent to an activating group) is 1. The average molecular weight is 201 g/mol. The van der Waals surface area contributed by atoms with Crippen LogP contribution in [-0.2, 0) is 9.53 Å². The van der Waals surface area contributed by atoms with Gasteiger partial charge in [0.2, 0.25) is 0 Å². The lowest BCUT2D eigenvalue weighted by atomic mass is 10.2. The second-order valence-corrected chi connectivity index (χ2v) is 3.98. The van der Waals surface area contributed by atoms with E-state index >= 15 is 0 Å². The first kappa shape index (κ1) is 11.6. The highest BCUT2D eigenvalue weighted by Gasteiger charge is 2.26. The minimum atomic E-state index is -0.458. The lowest BCUT2D eigenvalue weighted by Crippen LogP contribution is -2.37. The van der Waals surface area contributed by atoms with E-state index in [0.29, 0.717) is 37.8 Å². The van der Waals surface area contributed by atoms with Crippen LogP contribution in [0.5, 0.6) is 0 Å². The van der Waals surface area contributed by atoms with E-state index in [9.17, 15) is 9.90 Å². The number of methoxy groups -OCH3 is 1. The van der Waals surface area contributed by atoms with Crippen LogP contribution < -0.4 is 0 Å². The van der Waals surface area contributed by atoms with Crippen LogP contribution >= 0.6 is 0 Å². The van der Waals surface area contributed by atoms with Gasteiger partial charge in [-0.3, -0.25) is 4.79 Å². The van der Waals surface area contributed by atoms with Crippen LogP contribution in [0.4, 0.5) is 0 Å². The zero-order chi connectivity index (χ0) is 10.6. The molecule has 0 saturated heterocycles. The summed E-state index contributed by atoms with van der Waals surface area (Å²) in [5.74, 6) is 0.336. The maximum atomic E-state index is 11.1. The van der Waals surface area contributed by atoms with E-state index in [-0.39, 0.29) is 0 Å². The van der Waals surface area contributed by atoms with Gasteiger partial charge in [0.1, 0.15) is 5.78 Å². The topological polar surface area (TPSA) is 49.8 Å². The standard InChI is InChI=1S/C10H19NO3/c1-11(6-10(13)7-14-2)8-3-4-9(12)5-8/h8,10,13H,3-7H2,1-2H3. The molecule has 14 heavy (non-hydrogen) atoms. The summed E-state index contributed by atoms with van der Waals surface area (Å²) in [5, 5.41) is 9.49. The number of rotatable bonds is 5. The summed E-state index contributed by atoms with van der Waals surface area (Å²) < 4.78 is 4.84. The van der Waals surface area contributed by atoms with Gasteiger partial charge >= 0.3 is 0 Å². The molecule has 4 heteroatoms. The molecule has 1 fully saturated rings. The van der Waals surface area contributed by atoms with Crippen molar-refractivity contribution in [1.29, 1.82) is 0 Å². The van der Waals surface area contributed by atoms with E-state index in [1.165, 1.54) is 0 Å². The summed E-state index contributed by atoms with van der Waals surface area (Å²) in [6.45, 7) is 0.927. The number of Topliss-reactive ketones (excluding diaryl/α,β-unsaturated/α-hetero) is 1. The van der Waals surface area contributed by atoms with Gasteiger partial charge in [0, 0.05) is 32.5 Å². The molecule has 1 rings (SSSR count). The smallest absolute Gasteiger partial charge is 0.134 e. The van der Waals surface area contributed by atoms with Gasteiger partial charge in [0.25, 0.3) is 0 Å². The van der Waals surface area contributed by atoms with Gasteiger partial charge in [0.05, 0.1) is 12.7 Å². The van der Waals surface area contributed by atoms with Crippen LogP contribution in [0.25, 0.3) is 0 Å². The van der Waals surface area contributed by atoms with Crippen molar-refractivity contribution >= 4 is 5.78 Å². The van der Waals surface area contributed by atoms with Crippen molar-refractivity contribution in [2.24, 2.45) is 0 Å². The molecule has 1 aliphatic carbocycles. The van der Waals surface area contributed by atoms with Crippen LogP contribution in [0.1, 0.15) is 19.3 Å². The van der Waals surface area contributed by atoms with E-state index in [2.05, 4.69) is 4.90 Å². The minimum Gasteiger partial charge on any atom is -0.389 e. The van der Waals surface area contributed by atoms with Crippen molar-refractivity contribution in [3.05, 3.63) is 0 Å². The van der Waals surface area contributed by atoms with Gasteiger partial charge in [-0.1, -0.05) is 0 Å². The molecule has 0 aromatic rings.